The molecule has 0 radical (unpaired) electrons. The molecule has 0 saturated carbocycles. The van der Waals surface area contributed by atoms with Gasteiger partial charge in [-0.1, -0.05) is 18.2 Å². The van der Waals surface area contributed by atoms with Crippen LogP contribution in [0, 0.1) is 0 Å². The zero-order valence-electron chi connectivity index (χ0n) is 15.7. The first kappa shape index (κ1) is 18.8. The zero-order chi connectivity index (χ0) is 19.2. The number of hydrogen-bond donors (Lipinski definition) is 1. The molecular weight excluding hydrogens is 344 g/mol. The number of nitrogens with one attached hydrogen (secondary N) is 1. The van der Waals surface area contributed by atoms with Crippen molar-refractivity contribution in [3.05, 3.63) is 53.6 Å². The molecule has 142 valence electrons. The van der Waals surface area contributed by atoms with Gasteiger partial charge in [0, 0.05) is 18.8 Å². The SMILES string of the molecule is COc1cccc(OC)c1C(=O)Nc1ccc(CC(=O)N2CCCC2)cc1. The lowest BCUT2D eigenvalue weighted by molar-refractivity contribution is -0.129. The van der Waals surface area contributed by atoms with Crippen molar-refractivity contribution in [3.63, 3.8) is 0 Å². The summed E-state index contributed by atoms with van der Waals surface area (Å²) in [5.74, 6) is 0.729. The van der Waals surface area contributed by atoms with Crippen LogP contribution in [0.4, 0.5) is 5.69 Å². The maximum atomic E-state index is 12.7. The van der Waals surface area contributed by atoms with E-state index in [1.165, 1.54) is 14.2 Å². The van der Waals surface area contributed by atoms with Crippen molar-refractivity contribution in [2.45, 2.75) is 19.3 Å². The highest BCUT2D eigenvalue weighted by Gasteiger charge is 2.19. The predicted octanol–water partition coefficient (Wildman–Crippen LogP) is 3.12. The van der Waals surface area contributed by atoms with Crippen LogP contribution in [0.3, 0.4) is 0 Å². The number of ether oxygens (including phenoxy) is 2. The van der Waals surface area contributed by atoms with Crippen molar-refractivity contribution in [2.75, 3.05) is 32.6 Å². The summed E-state index contributed by atoms with van der Waals surface area (Å²) in [6, 6.07) is 12.5. The van der Waals surface area contributed by atoms with E-state index in [1.807, 2.05) is 17.0 Å². The monoisotopic (exact) mass is 368 g/mol. The summed E-state index contributed by atoms with van der Waals surface area (Å²) in [6.45, 7) is 1.71. The molecule has 0 spiro atoms. The Bertz CT molecular complexity index is 789. The van der Waals surface area contributed by atoms with Crippen LogP contribution in [0.1, 0.15) is 28.8 Å². The fraction of sp³-hybridized carbons (Fsp3) is 0.333. The molecule has 0 atom stereocenters. The summed E-state index contributed by atoms with van der Waals surface area (Å²) in [7, 11) is 3.02. The van der Waals surface area contributed by atoms with Crippen LogP contribution in [-0.2, 0) is 11.2 Å². The Balaban J connectivity index is 1.68. The van der Waals surface area contributed by atoms with Crippen molar-refractivity contribution in [3.8, 4) is 11.5 Å². The number of rotatable bonds is 6. The molecule has 1 fully saturated rings. The Morgan fingerprint density at radius 3 is 2.11 bits per heavy atom. The van der Waals surface area contributed by atoms with Crippen LogP contribution < -0.4 is 14.8 Å². The lowest BCUT2D eigenvalue weighted by atomic mass is 10.1. The number of likely N-dealkylation sites (tertiary alicyclic amines) is 1. The number of anilines is 1. The average Bonchev–Trinajstić information content (AvgIpc) is 3.23. The Morgan fingerprint density at radius 1 is 0.963 bits per heavy atom. The van der Waals surface area contributed by atoms with Gasteiger partial charge in [-0.25, -0.2) is 0 Å². The maximum Gasteiger partial charge on any atom is 0.263 e. The van der Waals surface area contributed by atoms with Crippen LogP contribution in [-0.4, -0.2) is 44.0 Å². The summed E-state index contributed by atoms with van der Waals surface area (Å²) < 4.78 is 10.6. The van der Waals surface area contributed by atoms with Gasteiger partial charge >= 0.3 is 0 Å². The molecule has 1 aliphatic heterocycles. The maximum absolute atomic E-state index is 12.7. The fourth-order valence-electron chi connectivity index (χ4n) is 3.23. The Hall–Kier alpha value is -3.02. The zero-order valence-corrected chi connectivity index (χ0v) is 15.7. The number of methoxy groups -OCH3 is 2. The molecule has 1 N–H and O–H groups in total. The van der Waals surface area contributed by atoms with Gasteiger partial charge in [-0.05, 0) is 42.7 Å². The van der Waals surface area contributed by atoms with Gasteiger partial charge in [-0.3, -0.25) is 9.59 Å². The van der Waals surface area contributed by atoms with Crippen molar-refractivity contribution < 1.29 is 19.1 Å². The van der Waals surface area contributed by atoms with E-state index in [4.69, 9.17) is 9.47 Å². The predicted molar refractivity (Wildman–Crippen MR) is 103 cm³/mol. The minimum atomic E-state index is -0.315. The van der Waals surface area contributed by atoms with Crippen molar-refractivity contribution in [1.82, 2.24) is 4.90 Å². The number of amides is 2. The molecule has 0 bridgehead atoms. The first-order valence-electron chi connectivity index (χ1n) is 9.01. The highest BCUT2D eigenvalue weighted by molar-refractivity contribution is 6.08. The van der Waals surface area contributed by atoms with E-state index < -0.39 is 0 Å². The third-order valence-corrected chi connectivity index (χ3v) is 4.68. The van der Waals surface area contributed by atoms with Crippen LogP contribution in [0.2, 0.25) is 0 Å². The molecule has 0 unspecified atom stereocenters. The summed E-state index contributed by atoms with van der Waals surface area (Å²) in [5.41, 5.74) is 1.92. The lowest BCUT2D eigenvalue weighted by Crippen LogP contribution is -2.29. The highest BCUT2D eigenvalue weighted by atomic mass is 16.5. The summed E-state index contributed by atoms with van der Waals surface area (Å²) in [5, 5.41) is 2.85. The molecular formula is C21H24N2O4. The van der Waals surface area contributed by atoms with Gasteiger partial charge in [0.2, 0.25) is 5.91 Å². The van der Waals surface area contributed by atoms with E-state index in [0.29, 0.717) is 29.2 Å². The second-order valence-corrected chi connectivity index (χ2v) is 6.45. The van der Waals surface area contributed by atoms with Crippen molar-refractivity contribution >= 4 is 17.5 Å². The normalized spacial score (nSPS) is 13.3. The highest BCUT2D eigenvalue weighted by Crippen LogP contribution is 2.29. The summed E-state index contributed by atoms with van der Waals surface area (Å²) in [4.78, 5) is 26.8. The minimum absolute atomic E-state index is 0.156. The topological polar surface area (TPSA) is 67.9 Å². The van der Waals surface area contributed by atoms with E-state index in [9.17, 15) is 9.59 Å². The number of carbonyl (C=O) groups excluding carboxylic acids is 2. The molecule has 1 saturated heterocycles. The molecule has 6 nitrogen and oxygen atoms in total. The molecule has 1 heterocycles. The van der Waals surface area contributed by atoms with Crippen molar-refractivity contribution in [1.29, 1.82) is 0 Å². The van der Waals surface area contributed by atoms with E-state index in [2.05, 4.69) is 5.32 Å². The van der Waals surface area contributed by atoms with E-state index in [1.54, 1.807) is 30.3 Å². The lowest BCUT2D eigenvalue weighted by Gasteiger charge is -2.15. The molecule has 1 aliphatic rings. The molecule has 0 aromatic heterocycles. The van der Waals surface area contributed by atoms with E-state index in [0.717, 1.165) is 31.5 Å². The van der Waals surface area contributed by atoms with Gasteiger partial charge in [0.15, 0.2) is 0 Å². The second-order valence-electron chi connectivity index (χ2n) is 6.45. The Morgan fingerprint density at radius 2 is 1.56 bits per heavy atom. The first-order chi connectivity index (χ1) is 13.1. The molecule has 2 aromatic carbocycles. The largest absolute Gasteiger partial charge is 0.496 e. The molecule has 2 aromatic rings. The number of carbonyl (C=O) groups is 2. The molecule has 27 heavy (non-hydrogen) atoms. The van der Waals surface area contributed by atoms with E-state index in [-0.39, 0.29) is 11.8 Å². The second kappa shape index (κ2) is 8.58. The van der Waals surface area contributed by atoms with Crippen LogP contribution >= 0.6 is 0 Å². The third-order valence-electron chi connectivity index (χ3n) is 4.68. The molecule has 0 aliphatic carbocycles. The first-order valence-corrected chi connectivity index (χ1v) is 9.01. The molecule has 3 rings (SSSR count). The number of benzene rings is 2. The van der Waals surface area contributed by atoms with Gasteiger partial charge in [0.05, 0.1) is 20.6 Å². The van der Waals surface area contributed by atoms with Crippen LogP contribution in [0.15, 0.2) is 42.5 Å². The van der Waals surface area contributed by atoms with Gasteiger partial charge in [-0.2, -0.15) is 0 Å². The molecule has 6 heteroatoms. The van der Waals surface area contributed by atoms with Crippen molar-refractivity contribution in [2.24, 2.45) is 0 Å². The summed E-state index contributed by atoms with van der Waals surface area (Å²) >= 11 is 0. The quantitative estimate of drug-likeness (QED) is 0.851. The van der Waals surface area contributed by atoms with Gasteiger partial charge in [-0.15, -0.1) is 0 Å². The third kappa shape index (κ3) is 4.39. The average molecular weight is 368 g/mol. The number of nitrogens with zero attached hydrogens (tertiary/aromatic N) is 1. The smallest absolute Gasteiger partial charge is 0.263 e. The van der Waals surface area contributed by atoms with Crippen LogP contribution in [0.25, 0.3) is 0 Å². The van der Waals surface area contributed by atoms with Gasteiger partial charge in [0.1, 0.15) is 17.1 Å². The fourth-order valence-corrected chi connectivity index (χ4v) is 3.23. The standard InChI is InChI=1S/C21H24N2O4/c1-26-17-6-5-7-18(27-2)20(17)21(25)22-16-10-8-15(9-11-16)14-19(24)23-12-3-4-13-23/h5-11H,3-4,12-14H2,1-2H3,(H,22,25). The minimum Gasteiger partial charge on any atom is -0.496 e. The number of hydrogen-bond acceptors (Lipinski definition) is 4. The Kier molecular flexibility index (Phi) is 5.96. The van der Waals surface area contributed by atoms with Crippen LogP contribution in [0.5, 0.6) is 11.5 Å². The summed E-state index contributed by atoms with van der Waals surface area (Å²) in [6.07, 6.45) is 2.56. The Labute approximate surface area is 159 Å². The van der Waals surface area contributed by atoms with Gasteiger partial charge < -0.3 is 19.7 Å². The molecule has 2 amide bonds. The van der Waals surface area contributed by atoms with Gasteiger partial charge in [0.25, 0.3) is 5.91 Å². The van der Waals surface area contributed by atoms with E-state index >= 15 is 0 Å².